The molecule has 3 rings (SSSR count). The van der Waals surface area contributed by atoms with Gasteiger partial charge in [0, 0.05) is 5.39 Å². The second-order valence-corrected chi connectivity index (χ2v) is 4.38. The number of carbonyl (C=O) groups is 1. The first-order valence-corrected chi connectivity index (χ1v) is 6.16. The number of ether oxygens (including phenoxy) is 3. The van der Waals surface area contributed by atoms with E-state index >= 15 is 0 Å². The average Bonchev–Trinajstić information content (AvgIpc) is 2.90. The fourth-order valence-corrected chi connectivity index (χ4v) is 2.12. The van der Waals surface area contributed by atoms with Gasteiger partial charge in [-0.2, -0.15) is 5.26 Å². The van der Waals surface area contributed by atoms with Crippen molar-refractivity contribution in [1.29, 1.82) is 5.26 Å². The minimum atomic E-state index is -0.683. The van der Waals surface area contributed by atoms with Crippen LogP contribution in [0, 0.1) is 11.3 Å². The number of nitrogens with zero attached hydrogens (tertiary/aromatic N) is 1. The molecule has 5 nitrogen and oxygen atoms in total. The fraction of sp³-hybridized carbons (Fsp3) is 0.200. The Bertz CT molecular complexity index is 705. The lowest BCUT2D eigenvalue weighted by Crippen LogP contribution is -2.20. The predicted octanol–water partition coefficient (Wildman–Crippen LogP) is 2.63. The number of hydrogen-bond donors (Lipinski definition) is 0. The molecule has 1 fully saturated rings. The molecule has 1 unspecified atom stereocenters. The number of cyclic esters (lactones) is 2. The number of carbonyl (C=O) groups excluding carboxylic acids is 1. The standard InChI is InChI=1S/C15H11NO4/c16-7-13-12-4-2-1-3-10(12)5-6-14(13)18-8-11-9-19-15(17)20-11/h1-6,11H,8-9H2. The van der Waals surface area contributed by atoms with Crippen molar-refractivity contribution in [3.8, 4) is 11.8 Å². The van der Waals surface area contributed by atoms with Crippen molar-refractivity contribution in [2.45, 2.75) is 6.10 Å². The summed E-state index contributed by atoms with van der Waals surface area (Å²) in [6.45, 7) is 0.340. The monoisotopic (exact) mass is 269 g/mol. The lowest BCUT2D eigenvalue weighted by molar-refractivity contribution is 0.0983. The highest BCUT2D eigenvalue weighted by atomic mass is 16.8. The summed E-state index contributed by atoms with van der Waals surface area (Å²) in [4.78, 5) is 10.8. The number of benzene rings is 2. The largest absolute Gasteiger partial charge is 0.508 e. The third-order valence-corrected chi connectivity index (χ3v) is 3.08. The van der Waals surface area contributed by atoms with Crippen LogP contribution in [0.3, 0.4) is 0 Å². The van der Waals surface area contributed by atoms with Crippen LogP contribution in [0.5, 0.6) is 5.75 Å². The molecule has 0 aromatic heterocycles. The predicted molar refractivity (Wildman–Crippen MR) is 70.4 cm³/mol. The SMILES string of the molecule is N#Cc1c(OCC2COC(=O)O2)ccc2ccccc12. The maximum absolute atomic E-state index is 10.8. The van der Waals surface area contributed by atoms with Gasteiger partial charge in [0.2, 0.25) is 0 Å². The van der Waals surface area contributed by atoms with E-state index < -0.39 is 12.3 Å². The van der Waals surface area contributed by atoms with E-state index in [0.29, 0.717) is 11.3 Å². The van der Waals surface area contributed by atoms with Crippen LogP contribution in [-0.2, 0) is 9.47 Å². The highest BCUT2D eigenvalue weighted by Crippen LogP contribution is 2.27. The normalized spacial score (nSPS) is 17.4. The summed E-state index contributed by atoms with van der Waals surface area (Å²) in [5.41, 5.74) is 0.480. The number of hydrogen-bond acceptors (Lipinski definition) is 5. The lowest BCUT2D eigenvalue weighted by Gasteiger charge is -2.11. The molecule has 1 aliphatic rings. The molecule has 0 aliphatic carbocycles. The Hall–Kier alpha value is -2.74. The van der Waals surface area contributed by atoms with Gasteiger partial charge in [-0.05, 0) is 11.5 Å². The molecule has 0 spiro atoms. The minimum Gasteiger partial charge on any atom is -0.488 e. The van der Waals surface area contributed by atoms with Crippen molar-refractivity contribution in [3.05, 3.63) is 42.0 Å². The summed E-state index contributed by atoms with van der Waals surface area (Å²) in [6.07, 6.45) is -1.11. The molecule has 1 saturated heterocycles. The zero-order chi connectivity index (χ0) is 13.9. The van der Waals surface area contributed by atoms with E-state index in [0.717, 1.165) is 10.8 Å². The van der Waals surface area contributed by atoms with E-state index in [4.69, 9.17) is 9.47 Å². The van der Waals surface area contributed by atoms with Crippen molar-refractivity contribution in [1.82, 2.24) is 0 Å². The van der Waals surface area contributed by atoms with Crippen LogP contribution < -0.4 is 4.74 Å². The third-order valence-electron chi connectivity index (χ3n) is 3.08. The summed E-state index contributed by atoms with van der Waals surface area (Å²) < 4.78 is 15.1. The van der Waals surface area contributed by atoms with Gasteiger partial charge in [0.1, 0.15) is 30.6 Å². The van der Waals surface area contributed by atoms with E-state index in [1.165, 1.54) is 0 Å². The Labute approximate surface area is 115 Å². The van der Waals surface area contributed by atoms with Crippen molar-refractivity contribution in [2.24, 2.45) is 0 Å². The van der Waals surface area contributed by atoms with E-state index in [2.05, 4.69) is 10.8 Å². The number of fused-ring (bicyclic) bond motifs is 1. The van der Waals surface area contributed by atoms with Gasteiger partial charge in [-0.1, -0.05) is 30.3 Å². The highest BCUT2D eigenvalue weighted by Gasteiger charge is 2.25. The van der Waals surface area contributed by atoms with E-state index in [-0.39, 0.29) is 13.2 Å². The lowest BCUT2D eigenvalue weighted by atomic mass is 10.0. The van der Waals surface area contributed by atoms with Crippen molar-refractivity contribution in [3.63, 3.8) is 0 Å². The summed E-state index contributed by atoms with van der Waals surface area (Å²) in [6, 6.07) is 13.4. The van der Waals surface area contributed by atoms with Crippen LogP contribution in [0.25, 0.3) is 10.8 Å². The summed E-state index contributed by atoms with van der Waals surface area (Å²) >= 11 is 0. The van der Waals surface area contributed by atoms with Gasteiger partial charge in [0.15, 0.2) is 6.10 Å². The first-order valence-electron chi connectivity index (χ1n) is 6.16. The first kappa shape index (κ1) is 12.3. The maximum Gasteiger partial charge on any atom is 0.508 e. The zero-order valence-corrected chi connectivity index (χ0v) is 10.5. The molecule has 1 atom stereocenters. The van der Waals surface area contributed by atoms with Crippen molar-refractivity contribution < 1.29 is 19.0 Å². The van der Waals surface area contributed by atoms with Crippen LogP contribution in [0.15, 0.2) is 36.4 Å². The molecular weight excluding hydrogens is 258 g/mol. The Morgan fingerprint density at radius 3 is 2.90 bits per heavy atom. The topological polar surface area (TPSA) is 68.5 Å². The molecule has 20 heavy (non-hydrogen) atoms. The van der Waals surface area contributed by atoms with Crippen LogP contribution in [0.2, 0.25) is 0 Å². The number of rotatable bonds is 3. The average molecular weight is 269 g/mol. The summed E-state index contributed by atoms with van der Waals surface area (Å²) in [5.74, 6) is 0.481. The molecule has 1 heterocycles. The Morgan fingerprint density at radius 1 is 1.30 bits per heavy atom. The molecule has 5 heteroatoms. The van der Waals surface area contributed by atoms with Crippen molar-refractivity contribution >= 4 is 16.9 Å². The van der Waals surface area contributed by atoms with Gasteiger partial charge in [-0.25, -0.2) is 4.79 Å². The molecule has 0 N–H and O–H groups in total. The van der Waals surface area contributed by atoms with Crippen molar-refractivity contribution in [2.75, 3.05) is 13.2 Å². The molecule has 2 aromatic carbocycles. The minimum absolute atomic E-state index is 0.165. The van der Waals surface area contributed by atoms with Gasteiger partial charge in [0.25, 0.3) is 0 Å². The highest BCUT2D eigenvalue weighted by molar-refractivity contribution is 5.90. The Balaban J connectivity index is 1.84. The van der Waals surface area contributed by atoms with Crippen LogP contribution in [0.4, 0.5) is 4.79 Å². The Morgan fingerprint density at radius 2 is 2.15 bits per heavy atom. The number of nitriles is 1. The molecule has 0 saturated carbocycles. The molecule has 100 valence electrons. The van der Waals surface area contributed by atoms with Crippen LogP contribution in [0.1, 0.15) is 5.56 Å². The van der Waals surface area contributed by atoms with E-state index in [1.807, 2.05) is 30.3 Å². The molecule has 1 aliphatic heterocycles. The summed E-state index contributed by atoms with van der Waals surface area (Å²) in [7, 11) is 0. The molecule has 0 bridgehead atoms. The van der Waals surface area contributed by atoms with Crippen LogP contribution in [-0.4, -0.2) is 25.5 Å². The van der Waals surface area contributed by atoms with Gasteiger partial charge in [-0.15, -0.1) is 0 Å². The fourth-order valence-electron chi connectivity index (χ4n) is 2.12. The maximum atomic E-state index is 10.8. The molecule has 0 amide bonds. The molecule has 2 aromatic rings. The Kier molecular flexibility index (Phi) is 3.13. The second kappa shape index (κ2) is 5.10. The molecular formula is C15H11NO4. The van der Waals surface area contributed by atoms with Crippen LogP contribution >= 0.6 is 0 Å². The second-order valence-electron chi connectivity index (χ2n) is 4.38. The van der Waals surface area contributed by atoms with Gasteiger partial charge >= 0.3 is 6.16 Å². The van der Waals surface area contributed by atoms with Gasteiger partial charge in [0.05, 0.1) is 0 Å². The first-order chi connectivity index (χ1) is 9.78. The third kappa shape index (κ3) is 2.24. The zero-order valence-electron chi connectivity index (χ0n) is 10.5. The smallest absolute Gasteiger partial charge is 0.488 e. The van der Waals surface area contributed by atoms with E-state index in [9.17, 15) is 10.1 Å². The van der Waals surface area contributed by atoms with Gasteiger partial charge < -0.3 is 14.2 Å². The molecule has 0 radical (unpaired) electrons. The van der Waals surface area contributed by atoms with Gasteiger partial charge in [-0.3, -0.25) is 0 Å². The van der Waals surface area contributed by atoms with E-state index in [1.54, 1.807) is 6.07 Å². The quantitative estimate of drug-likeness (QED) is 0.801. The summed E-state index contributed by atoms with van der Waals surface area (Å²) in [5, 5.41) is 11.1.